The molecule has 4 heteroatoms. The van der Waals surface area contributed by atoms with Gasteiger partial charge in [0.1, 0.15) is 0 Å². The van der Waals surface area contributed by atoms with E-state index in [1.54, 1.807) is 12.1 Å². The second kappa shape index (κ2) is 5.27. The summed E-state index contributed by atoms with van der Waals surface area (Å²) in [5.74, 6) is 0.554. The lowest BCUT2D eigenvalue weighted by molar-refractivity contribution is -0.115. The molecule has 1 aromatic rings. The zero-order valence-corrected chi connectivity index (χ0v) is 11.7. The molecule has 1 heterocycles. The summed E-state index contributed by atoms with van der Waals surface area (Å²) in [6.07, 6.45) is 5.38. The molecule has 0 saturated heterocycles. The molecule has 1 saturated carbocycles. The second-order valence-corrected chi connectivity index (χ2v) is 5.90. The third-order valence-electron chi connectivity index (χ3n) is 4.46. The van der Waals surface area contributed by atoms with Gasteiger partial charge in [-0.25, -0.2) is 0 Å². The van der Waals surface area contributed by atoms with E-state index in [0.29, 0.717) is 17.9 Å². The number of carbonyl (C=O) groups excluding carboxylic acids is 2. The van der Waals surface area contributed by atoms with Gasteiger partial charge in [0.05, 0.1) is 6.42 Å². The average molecular weight is 272 g/mol. The van der Waals surface area contributed by atoms with Crippen LogP contribution in [0.25, 0.3) is 0 Å². The Hall–Kier alpha value is -1.84. The highest BCUT2D eigenvalue weighted by Crippen LogP contribution is 2.28. The number of fused-ring (bicyclic) bond motifs is 1. The molecule has 1 fully saturated rings. The molecule has 1 aliphatic heterocycles. The fraction of sp³-hybridized carbons (Fsp3) is 0.500. The number of hydrogen-bond acceptors (Lipinski definition) is 2. The number of benzene rings is 1. The number of nitrogens with one attached hydrogen (secondary N) is 2. The third kappa shape index (κ3) is 2.55. The van der Waals surface area contributed by atoms with Crippen LogP contribution in [0.2, 0.25) is 0 Å². The fourth-order valence-electron chi connectivity index (χ4n) is 3.22. The minimum Gasteiger partial charge on any atom is -0.349 e. The normalized spacial score (nSPS) is 19.6. The van der Waals surface area contributed by atoms with Crippen molar-refractivity contribution in [1.29, 1.82) is 0 Å². The predicted octanol–water partition coefficient (Wildman–Crippen LogP) is 2.49. The summed E-state index contributed by atoms with van der Waals surface area (Å²) < 4.78 is 0. The molecule has 1 aliphatic carbocycles. The Bertz CT molecular complexity index is 547. The summed E-state index contributed by atoms with van der Waals surface area (Å²) >= 11 is 0. The van der Waals surface area contributed by atoms with Crippen LogP contribution in [0.5, 0.6) is 0 Å². The van der Waals surface area contributed by atoms with E-state index in [9.17, 15) is 9.59 Å². The topological polar surface area (TPSA) is 58.2 Å². The molecular formula is C16H20N2O2. The maximum absolute atomic E-state index is 12.3. The van der Waals surface area contributed by atoms with Gasteiger partial charge in [-0.3, -0.25) is 9.59 Å². The standard InChI is InChI=1S/C16H20N2O2/c1-10(11-4-2-3-5-11)17-16(20)13-7-6-12-9-15(19)18-14(12)8-13/h6-8,10-11H,2-5,9H2,1H3,(H,17,20)(H,18,19). The monoisotopic (exact) mass is 272 g/mol. The molecule has 3 rings (SSSR count). The van der Waals surface area contributed by atoms with Gasteiger partial charge in [-0.05, 0) is 43.4 Å². The lowest BCUT2D eigenvalue weighted by Crippen LogP contribution is -2.37. The summed E-state index contributed by atoms with van der Waals surface area (Å²) in [5, 5.41) is 5.87. The Balaban J connectivity index is 1.68. The van der Waals surface area contributed by atoms with Crippen molar-refractivity contribution >= 4 is 17.5 Å². The highest BCUT2D eigenvalue weighted by molar-refractivity contribution is 6.02. The van der Waals surface area contributed by atoms with Gasteiger partial charge in [0.2, 0.25) is 5.91 Å². The van der Waals surface area contributed by atoms with Crippen molar-refractivity contribution in [1.82, 2.24) is 5.32 Å². The fourth-order valence-corrected chi connectivity index (χ4v) is 3.22. The first-order valence-electron chi connectivity index (χ1n) is 7.37. The van der Waals surface area contributed by atoms with Crippen LogP contribution in [0.1, 0.15) is 48.5 Å². The molecule has 2 amide bonds. The lowest BCUT2D eigenvalue weighted by Gasteiger charge is -2.20. The van der Waals surface area contributed by atoms with Crippen molar-refractivity contribution in [2.24, 2.45) is 5.92 Å². The molecule has 20 heavy (non-hydrogen) atoms. The van der Waals surface area contributed by atoms with Gasteiger partial charge < -0.3 is 10.6 Å². The van der Waals surface area contributed by atoms with Crippen LogP contribution in [-0.4, -0.2) is 17.9 Å². The Morgan fingerprint density at radius 1 is 1.35 bits per heavy atom. The van der Waals surface area contributed by atoms with Crippen LogP contribution >= 0.6 is 0 Å². The van der Waals surface area contributed by atoms with Crippen molar-refractivity contribution in [3.63, 3.8) is 0 Å². The number of rotatable bonds is 3. The molecule has 0 aromatic heterocycles. The highest BCUT2D eigenvalue weighted by Gasteiger charge is 2.24. The van der Waals surface area contributed by atoms with Gasteiger partial charge in [-0.1, -0.05) is 18.9 Å². The van der Waals surface area contributed by atoms with Crippen LogP contribution in [0, 0.1) is 5.92 Å². The second-order valence-electron chi connectivity index (χ2n) is 5.90. The van der Waals surface area contributed by atoms with E-state index in [4.69, 9.17) is 0 Å². The van der Waals surface area contributed by atoms with Crippen molar-refractivity contribution in [3.05, 3.63) is 29.3 Å². The molecule has 0 radical (unpaired) electrons. The first kappa shape index (κ1) is 13.2. The average Bonchev–Trinajstić information content (AvgIpc) is 3.05. The van der Waals surface area contributed by atoms with E-state index in [1.807, 2.05) is 6.07 Å². The van der Waals surface area contributed by atoms with Crippen LogP contribution in [0.3, 0.4) is 0 Å². The number of carbonyl (C=O) groups is 2. The Morgan fingerprint density at radius 2 is 2.10 bits per heavy atom. The summed E-state index contributed by atoms with van der Waals surface area (Å²) in [4.78, 5) is 23.6. The van der Waals surface area contributed by atoms with E-state index < -0.39 is 0 Å². The summed E-state index contributed by atoms with van der Waals surface area (Å²) in [6.45, 7) is 2.09. The van der Waals surface area contributed by atoms with Gasteiger partial charge in [0.25, 0.3) is 5.91 Å². The van der Waals surface area contributed by atoms with Crippen molar-refractivity contribution in [2.45, 2.75) is 45.1 Å². The SMILES string of the molecule is CC(NC(=O)c1ccc2c(c1)NC(=O)C2)C1CCCC1. The number of amides is 2. The maximum atomic E-state index is 12.3. The van der Waals surface area contributed by atoms with Crippen LogP contribution in [0.15, 0.2) is 18.2 Å². The number of anilines is 1. The predicted molar refractivity (Wildman–Crippen MR) is 77.7 cm³/mol. The molecule has 4 nitrogen and oxygen atoms in total. The summed E-state index contributed by atoms with van der Waals surface area (Å²) in [5.41, 5.74) is 2.36. The Morgan fingerprint density at radius 3 is 2.85 bits per heavy atom. The van der Waals surface area contributed by atoms with Gasteiger partial charge in [-0.15, -0.1) is 0 Å². The largest absolute Gasteiger partial charge is 0.349 e. The molecule has 2 N–H and O–H groups in total. The minimum atomic E-state index is -0.0478. The lowest BCUT2D eigenvalue weighted by atomic mass is 9.99. The smallest absolute Gasteiger partial charge is 0.251 e. The van der Waals surface area contributed by atoms with E-state index in [2.05, 4.69) is 17.6 Å². The van der Waals surface area contributed by atoms with Crippen LogP contribution < -0.4 is 10.6 Å². The van der Waals surface area contributed by atoms with E-state index >= 15 is 0 Å². The van der Waals surface area contributed by atoms with Gasteiger partial charge in [0, 0.05) is 17.3 Å². The van der Waals surface area contributed by atoms with E-state index in [0.717, 1.165) is 11.3 Å². The Labute approximate surface area is 118 Å². The van der Waals surface area contributed by atoms with Gasteiger partial charge >= 0.3 is 0 Å². The van der Waals surface area contributed by atoms with Gasteiger partial charge in [0.15, 0.2) is 0 Å². The van der Waals surface area contributed by atoms with E-state index in [1.165, 1.54) is 25.7 Å². The van der Waals surface area contributed by atoms with Crippen molar-refractivity contribution in [3.8, 4) is 0 Å². The molecule has 1 atom stereocenters. The summed E-state index contributed by atoms with van der Waals surface area (Å²) in [6, 6.07) is 5.66. The highest BCUT2D eigenvalue weighted by atomic mass is 16.2. The molecule has 106 valence electrons. The molecule has 1 aromatic carbocycles. The van der Waals surface area contributed by atoms with Crippen molar-refractivity contribution < 1.29 is 9.59 Å². The van der Waals surface area contributed by atoms with Crippen LogP contribution in [-0.2, 0) is 11.2 Å². The number of hydrogen-bond donors (Lipinski definition) is 2. The molecule has 1 unspecified atom stereocenters. The first-order valence-corrected chi connectivity index (χ1v) is 7.37. The van der Waals surface area contributed by atoms with Crippen molar-refractivity contribution in [2.75, 3.05) is 5.32 Å². The first-order chi connectivity index (χ1) is 9.63. The molecule has 0 spiro atoms. The summed E-state index contributed by atoms with van der Waals surface area (Å²) in [7, 11) is 0. The maximum Gasteiger partial charge on any atom is 0.251 e. The van der Waals surface area contributed by atoms with Gasteiger partial charge in [-0.2, -0.15) is 0 Å². The van der Waals surface area contributed by atoms with Crippen LogP contribution in [0.4, 0.5) is 5.69 Å². The zero-order valence-electron chi connectivity index (χ0n) is 11.7. The minimum absolute atomic E-state index is 0.00289. The Kier molecular flexibility index (Phi) is 3.47. The molecule has 0 bridgehead atoms. The molecule has 2 aliphatic rings. The third-order valence-corrected chi connectivity index (χ3v) is 4.46. The molecular weight excluding hydrogens is 252 g/mol. The quantitative estimate of drug-likeness (QED) is 0.888. The zero-order chi connectivity index (χ0) is 14.1. The van der Waals surface area contributed by atoms with E-state index in [-0.39, 0.29) is 17.9 Å².